The van der Waals surface area contributed by atoms with Gasteiger partial charge in [0.05, 0.1) is 12.5 Å². The molecule has 2 rings (SSSR count). The lowest BCUT2D eigenvalue weighted by Crippen LogP contribution is -2.28. The first-order valence-corrected chi connectivity index (χ1v) is 6.44. The number of rotatable bonds is 4. The van der Waals surface area contributed by atoms with Crippen LogP contribution in [-0.4, -0.2) is 5.91 Å². The molecule has 1 atom stereocenters. The third-order valence-electron chi connectivity index (χ3n) is 3.07. The lowest BCUT2D eigenvalue weighted by molar-refractivity contribution is -0.121. The fraction of sp³-hybridized carbons (Fsp3) is 0.188. The second-order valence-electron chi connectivity index (χ2n) is 4.76. The van der Waals surface area contributed by atoms with Crippen molar-refractivity contribution in [2.24, 2.45) is 0 Å². The molecule has 0 heterocycles. The van der Waals surface area contributed by atoms with E-state index in [1.807, 2.05) is 19.1 Å². The van der Waals surface area contributed by atoms with Crippen LogP contribution in [0.3, 0.4) is 0 Å². The van der Waals surface area contributed by atoms with E-state index in [1.165, 1.54) is 12.1 Å². The van der Waals surface area contributed by atoms with Crippen LogP contribution in [0.15, 0.2) is 48.5 Å². The second kappa shape index (κ2) is 6.19. The standard InChI is InChI=1S/C16H17FN2O/c1-11(13-3-2-4-14(17)10-13)19-16(20)9-12-5-7-15(18)8-6-12/h2-8,10-11H,9,18H2,1H3,(H,19,20)/t11-/m0/s1. The van der Waals surface area contributed by atoms with Gasteiger partial charge < -0.3 is 11.1 Å². The van der Waals surface area contributed by atoms with Gasteiger partial charge in [-0.2, -0.15) is 0 Å². The number of nitrogens with two attached hydrogens (primary N) is 1. The first kappa shape index (κ1) is 14.1. The van der Waals surface area contributed by atoms with Crippen molar-refractivity contribution in [3.63, 3.8) is 0 Å². The average Bonchev–Trinajstić information content (AvgIpc) is 2.41. The summed E-state index contributed by atoms with van der Waals surface area (Å²) in [5.74, 6) is -0.409. The van der Waals surface area contributed by atoms with Gasteiger partial charge in [-0.3, -0.25) is 4.79 Å². The SMILES string of the molecule is C[C@H](NC(=O)Cc1ccc(N)cc1)c1cccc(F)c1. The predicted molar refractivity (Wildman–Crippen MR) is 77.5 cm³/mol. The number of benzene rings is 2. The number of anilines is 1. The molecule has 0 saturated carbocycles. The minimum atomic E-state index is -0.304. The number of nitrogens with one attached hydrogen (secondary N) is 1. The molecule has 0 aliphatic rings. The molecule has 0 unspecified atom stereocenters. The van der Waals surface area contributed by atoms with Gasteiger partial charge >= 0.3 is 0 Å². The molecule has 104 valence electrons. The van der Waals surface area contributed by atoms with Crippen molar-refractivity contribution in [2.75, 3.05) is 5.73 Å². The molecule has 3 nitrogen and oxygen atoms in total. The lowest BCUT2D eigenvalue weighted by Gasteiger charge is -2.14. The number of carbonyl (C=O) groups is 1. The average molecular weight is 272 g/mol. The summed E-state index contributed by atoms with van der Waals surface area (Å²) in [4.78, 5) is 11.9. The highest BCUT2D eigenvalue weighted by molar-refractivity contribution is 5.79. The molecule has 2 aromatic carbocycles. The lowest BCUT2D eigenvalue weighted by atomic mass is 10.1. The molecule has 0 bridgehead atoms. The van der Waals surface area contributed by atoms with Crippen LogP contribution in [0, 0.1) is 5.82 Å². The van der Waals surface area contributed by atoms with E-state index in [1.54, 1.807) is 24.3 Å². The van der Waals surface area contributed by atoms with E-state index < -0.39 is 0 Å². The smallest absolute Gasteiger partial charge is 0.224 e. The largest absolute Gasteiger partial charge is 0.399 e. The van der Waals surface area contributed by atoms with Gasteiger partial charge in [0, 0.05) is 5.69 Å². The quantitative estimate of drug-likeness (QED) is 0.841. The predicted octanol–water partition coefficient (Wildman–Crippen LogP) is 2.83. The maximum absolute atomic E-state index is 13.1. The molecule has 3 N–H and O–H groups in total. The molecule has 0 aliphatic heterocycles. The van der Waals surface area contributed by atoms with Crippen LogP contribution < -0.4 is 11.1 Å². The van der Waals surface area contributed by atoms with Gasteiger partial charge in [0.15, 0.2) is 0 Å². The van der Waals surface area contributed by atoms with E-state index >= 15 is 0 Å². The number of nitrogen functional groups attached to an aromatic ring is 1. The molecule has 0 saturated heterocycles. The third-order valence-corrected chi connectivity index (χ3v) is 3.07. The summed E-state index contributed by atoms with van der Waals surface area (Å²) < 4.78 is 13.1. The molecular formula is C16H17FN2O. The highest BCUT2D eigenvalue weighted by Crippen LogP contribution is 2.14. The molecule has 0 aliphatic carbocycles. The number of halogens is 1. The summed E-state index contributed by atoms with van der Waals surface area (Å²) in [6.45, 7) is 1.83. The Hall–Kier alpha value is -2.36. The van der Waals surface area contributed by atoms with Gasteiger partial charge in [0.1, 0.15) is 5.82 Å². The number of hydrogen-bond acceptors (Lipinski definition) is 2. The minimum Gasteiger partial charge on any atom is -0.399 e. The Morgan fingerprint density at radius 2 is 1.95 bits per heavy atom. The van der Waals surface area contributed by atoms with Crippen molar-refractivity contribution in [2.45, 2.75) is 19.4 Å². The Balaban J connectivity index is 1.95. The summed E-state index contributed by atoms with van der Waals surface area (Å²) in [7, 11) is 0. The zero-order chi connectivity index (χ0) is 14.5. The van der Waals surface area contributed by atoms with Crippen LogP contribution in [-0.2, 0) is 11.2 Å². The number of carbonyl (C=O) groups excluding carboxylic acids is 1. The fourth-order valence-corrected chi connectivity index (χ4v) is 1.97. The normalized spacial score (nSPS) is 11.9. The van der Waals surface area contributed by atoms with Gasteiger partial charge in [-0.25, -0.2) is 4.39 Å². The first-order valence-electron chi connectivity index (χ1n) is 6.44. The van der Waals surface area contributed by atoms with Crippen LogP contribution in [0.2, 0.25) is 0 Å². The van der Waals surface area contributed by atoms with Gasteiger partial charge in [0.2, 0.25) is 5.91 Å². The summed E-state index contributed by atoms with van der Waals surface area (Å²) in [5.41, 5.74) is 7.90. The van der Waals surface area contributed by atoms with Gasteiger partial charge in [0.25, 0.3) is 0 Å². The van der Waals surface area contributed by atoms with Crippen molar-refractivity contribution in [3.05, 3.63) is 65.5 Å². The molecule has 0 aromatic heterocycles. The summed E-state index contributed by atoms with van der Waals surface area (Å²) in [6.07, 6.45) is 0.278. The van der Waals surface area contributed by atoms with E-state index in [0.717, 1.165) is 11.1 Å². The minimum absolute atomic E-state index is 0.105. The van der Waals surface area contributed by atoms with Crippen molar-refractivity contribution in [1.82, 2.24) is 5.32 Å². The Bertz CT molecular complexity index is 596. The Morgan fingerprint density at radius 1 is 1.25 bits per heavy atom. The van der Waals surface area contributed by atoms with Crippen molar-refractivity contribution in [3.8, 4) is 0 Å². The summed E-state index contributed by atoms with van der Waals surface area (Å²) in [6, 6.07) is 13.2. The van der Waals surface area contributed by atoms with E-state index in [-0.39, 0.29) is 24.2 Å². The van der Waals surface area contributed by atoms with Gasteiger partial charge in [-0.15, -0.1) is 0 Å². The van der Waals surface area contributed by atoms with Crippen molar-refractivity contribution >= 4 is 11.6 Å². The maximum Gasteiger partial charge on any atom is 0.224 e. The Morgan fingerprint density at radius 3 is 2.60 bits per heavy atom. The molecular weight excluding hydrogens is 255 g/mol. The third kappa shape index (κ3) is 3.82. The second-order valence-corrected chi connectivity index (χ2v) is 4.76. The number of hydrogen-bond donors (Lipinski definition) is 2. The van der Waals surface area contributed by atoms with Crippen LogP contribution in [0.5, 0.6) is 0 Å². The monoisotopic (exact) mass is 272 g/mol. The van der Waals surface area contributed by atoms with E-state index in [4.69, 9.17) is 5.73 Å². The number of amides is 1. The van der Waals surface area contributed by atoms with Crippen molar-refractivity contribution in [1.29, 1.82) is 0 Å². The van der Waals surface area contributed by atoms with Crippen LogP contribution >= 0.6 is 0 Å². The van der Waals surface area contributed by atoms with E-state index in [0.29, 0.717) is 5.69 Å². The van der Waals surface area contributed by atoms with Crippen LogP contribution in [0.4, 0.5) is 10.1 Å². The molecule has 4 heteroatoms. The van der Waals surface area contributed by atoms with E-state index in [2.05, 4.69) is 5.32 Å². The highest BCUT2D eigenvalue weighted by Gasteiger charge is 2.10. The van der Waals surface area contributed by atoms with Gasteiger partial charge in [-0.1, -0.05) is 24.3 Å². The van der Waals surface area contributed by atoms with Crippen LogP contribution in [0.1, 0.15) is 24.1 Å². The fourth-order valence-electron chi connectivity index (χ4n) is 1.97. The Labute approximate surface area is 117 Å². The molecule has 0 radical (unpaired) electrons. The van der Waals surface area contributed by atoms with Crippen molar-refractivity contribution < 1.29 is 9.18 Å². The van der Waals surface area contributed by atoms with Gasteiger partial charge in [-0.05, 0) is 42.3 Å². The highest BCUT2D eigenvalue weighted by atomic mass is 19.1. The molecule has 0 fully saturated rings. The molecule has 0 spiro atoms. The Kier molecular flexibility index (Phi) is 4.35. The summed E-state index contributed by atoms with van der Waals surface area (Å²) in [5, 5.41) is 2.85. The topological polar surface area (TPSA) is 55.1 Å². The molecule has 1 amide bonds. The zero-order valence-electron chi connectivity index (χ0n) is 11.3. The first-order chi connectivity index (χ1) is 9.54. The molecule has 2 aromatic rings. The van der Waals surface area contributed by atoms with Crippen LogP contribution in [0.25, 0.3) is 0 Å². The zero-order valence-corrected chi connectivity index (χ0v) is 11.3. The summed E-state index contributed by atoms with van der Waals surface area (Å²) >= 11 is 0. The van der Waals surface area contributed by atoms with E-state index in [9.17, 15) is 9.18 Å². The maximum atomic E-state index is 13.1. The molecule has 20 heavy (non-hydrogen) atoms.